The van der Waals surface area contributed by atoms with Gasteiger partial charge in [-0.05, 0) is 49.3 Å². The number of carbonyl (C=O) groups excluding carboxylic acids is 3. The van der Waals surface area contributed by atoms with E-state index in [0.717, 1.165) is 43.5 Å². The molecule has 0 atom stereocenters. The van der Waals surface area contributed by atoms with Crippen molar-refractivity contribution in [2.24, 2.45) is 11.8 Å². The van der Waals surface area contributed by atoms with Crippen molar-refractivity contribution in [1.82, 2.24) is 20.3 Å². The minimum absolute atomic E-state index is 0.00143. The zero-order valence-electron chi connectivity index (χ0n) is 19.9. The van der Waals surface area contributed by atoms with E-state index in [0.29, 0.717) is 28.4 Å². The molecule has 0 spiro atoms. The minimum atomic E-state index is -0.338. The quantitative estimate of drug-likeness (QED) is 0.368. The fourth-order valence-electron chi connectivity index (χ4n) is 4.78. The van der Waals surface area contributed by atoms with Gasteiger partial charge >= 0.3 is 5.97 Å². The SMILES string of the molecule is COC(=O)C1CCC(CNc2c[nH]c3c(C(=O)NCc4ccc5c(c4)NC(=O)CO5)ncnc23)CC1. The van der Waals surface area contributed by atoms with Crippen LogP contribution in [0.15, 0.2) is 30.7 Å². The van der Waals surface area contributed by atoms with Crippen molar-refractivity contribution in [3.8, 4) is 5.75 Å². The summed E-state index contributed by atoms with van der Waals surface area (Å²) >= 11 is 0. The van der Waals surface area contributed by atoms with E-state index in [9.17, 15) is 14.4 Å². The van der Waals surface area contributed by atoms with E-state index in [4.69, 9.17) is 9.47 Å². The van der Waals surface area contributed by atoms with Gasteiger partial charge in [-0.3, -0.25) is 14.4 Å². The van der Waals surface area contributed by atoms with Crippen LogP contribution in [-0.4, -0.2) is 53.0 Å². The van der Waals surface area contributed by atoms with Gasteiger partial charge in [0.2, 0.25) is 0 Å². The maximum absolute atomic E-state index is 12.9. The molecule has 2 amide bonds. The van der Waals surface area contributed by atoms with Crippen LogP contribution in [-0.2, 0) is 20.9 Å². The Hall–Kier alpha value is -4.15. The summed E-state index contributed by atoms with van der Waals surface area (Å²) in [5, 5.41) is 9.07. The molecule has 0 saturated heterocycles. The lowest BCUT2D eigenvalue weighted by atomic mass is 9.82. The van der Waals surface area contributed by atoms with Crippen molar-refractivity contribution in [2.75, 3.05) is 30.9 Å². The summed E-state index contributed by atoms with van der Waals surface area (Å²) in [4.78, 5) is 47.9. The number of fused-ring (bicyclic) bond motifs is 2. The van der Waals surface area contributed by atoms with E-state index in [1.54, 1.807) is 18.3 Å². The van der Waals surface area contributed by atoms with Crippen LogP contribution in [0.3, 0.4) is 0 Å². The van der Waals surface area contributed by atoms with E-state index in [1.165, 1.54) is 13.4 Å². The molecule has 11 nitrogen and oxygen atoms in total. The number of esters is 1. The molecule has 3 aromatic rings. The molecule has 1 saturated carbocycles. The van der Waals surface area contributed by atoms with Crippen molar-refractivity contribution >= 4 is 40.2 Å². The number of hydrogen-bond donors (Lipinski definition) is 4. The van der Waals surface area contributed by atoms with Crippen LogP contribution in [0.25, 0.3) is 11.0 Å². The third-order valence-electron chi connectivity index (χ3n) is 6.77. The Labute approximate surface area is 207 Å². The number of aromatic amines is 1. The number of carbonyl (C=O) groups is 3. The molecule has 1 aliphatic carbocycles. The van der Waals surface area contributed by atoms with Gasteiger partial charge in [0.1, 0.15) is 17.6 Å². The van der Waals surface area contributed by atoms with Gasteiger partial charge in [0.25, 0.3) is 11.8 Å². The van der Waals surface area contributed by atoms with Crippen molar-refractivity contribution < 1.29 is 23.9 Å². The number of ether oxygens (including phenoxy) is 2. The van der Waals surface area contributed by atoms with Crippen LogP contribution in [0.1, 0.15) is 41.7 Å². The number of rotatable bonds is 7. The maximum atomic E-state index is 12.9. The van der Waals surface area contributed by atoms with Gasteiger partial charge in [0.15, 0.2) is 12.3 Å². The van der Waals surface area contributed by atoms with Gasteiger partial charge in [-0.2, -0.15) is 0 Å². The molecular formula is C25H28N6O5. The second-order valence-electron chi connectivity index (χ2n) is 9.12. The molecule has 36 heavy (non-hydrogen) atoms. The maximum Gasteiger partial charge on any atom is 0.308 e. The topological polar surface area (TPSA) is 147 Å². The molecule has 1 aliphatic heterocycles. The number of methoxy groups -OCH3 is 1. The van der Waals surface area contributed by atoms with Gasteiger partial charge in [0.05, 0.1) is 29.9 Å². The van der Waals surface area contributed by atoms with Crippen molar-refractivity contribution in [3.05, 3.63) is 42.0 Å². The lowest BCUT2D eigenvalue weighted by Gasteiger charge is -2.27. The number of hydrogen-bond acceptors (Lipinski definition) is 8. The lowest BCUT2D eigenvalue weighted by molar-refractivity contribution is -0.146. The third-order valence-corrected chi connectivity index (χ3v) is 6.77. The molecule has 5 rings (SSSR count). The predicted octanol–water partition coefficient (Wildman–Crippen LogP) is 2.61. The summed E-state index contributed by atoms with van der Waals surface area (Å²) in [5.41, 5.74) is 3.66. The van der Waals surface area contributed by atoms with E-state index < -0.39 is 0 Å². The largest absolute Gasteiger partial charge is 0.482 e. The summed E-state index contributed by atoms with van der Waals surface area (Å²) in [6.07, 6.45) is 6.75. The first-order chi connectivity index (χ1) is 17.5. The number of aromatic nitrogens is 3. The molecule has 0 unspecified atom stereocenters. The highest BCUT2D eigenvalue weighted by atomic mass is 16.5. The second kappa shape index (κ2) is 10.2. The normalized spacial score (nSPS) is 19.1. The number of nitrogens with one attached hydrogen (secondary N) is 4. The Kier molecular flexibility index (Phi) is 6.70. The molecule has 188 valence electrons. The first kappa shape index (κ1) is 23.6. The standard InChI is InChI=1S/C25H28N6O5/c1-35-25(34)16-5-2-14(3-6-16)9-26-18-11-27-22-21(18)29-13-30-23(22)24(33)28-10-15-4-7-19-17(8-15)31-20(32)12-36-19/h4,7-8,11,13-14,16,26-27H,2-3,5-6,9-10,12H2,1H3,(H,28,33)(H,31,32). The van der Waals surface area contributed by atoms with Gasteiger partial charge < -0.3 is 30.4 Å². The smallest absolute Gasteiger partial charge is 0.308 e. The predicted molar refractivity (Wildman–Crippen MR) is 132 cm³/mol. The van der Waals surface area contributed by atoms with Gasteiger partial charge in [-0.15, -0.1) is 0 Å². The molecule has 1 fully saturated rings. The van der Waals surface area contributed by atoms with Crippen LogP contribution in [0.2, 0.25) is 0 Å². The van der Waals surface area contributed by atoms with Crippen LogP contribution in [0, 0.1) is 11.8 Å². The number of nitrogens with zero attached hydrogens (tertiary/aromatic N) is 2. The van der Waals surface area contributed by atoms with Gasteiger partial charge in [0, 0.05) is 19.3 Å². The first-order valence-electron chi connectivity index (χ1n) is 12.0. The van der Waals surface area contributed by atoms with E-state index in [1.807, 2.05) is 6.07 Å². The van der Waals surface area contributed by atoms with E-state index in [2.05, 4.69) is 30.9 Å². The molecule has 0 radical (unpaired) electrons. The Morgan fingerprint density at radius 1 is 1.19 bits per heavy atom. The van der Waals surface area contributed by atoms with Crippen molar-refractivity contribution in [3.63, 3.8) is 0 Å². The number of H-pyrrole nitrogens is 1. The zero-order chi connectivity index (χ0) is 25.1. The molecule has 3 heterocycles. The average Bonchev–Trinajstić information content (AvgIpc) is 3.33. The molecule has 11 heteroatoms. The van der Waals surface area contributed by atoms with E-state index >= 15 is 0 Å². The zero-order valence-corrected chi connectivity index (χ0v) is 19.9. The van der Waals surface area contributed by atoms with Crippen LogP contribution >= 0.6 is 0 Å². The summed E-state index contributed by atoms with van der Waals surface area (Å²) in [7, 11) is 1.44. The molecule has 2 aromatic heterocycles. The average molecular weight is 493 g/mol. The van der Waals surface area contributed by atoms with Gasteiger partial charge in [-0.25, -0.2) is 9.97 Å². The van der Waals surface area contributed by atoms with Crippen molar-refractivity contribution in [1.29, 1.82) is 0 Å². The number of benzene rings is 1. The monoisotopic (exact) mass is 492 g/mol. The highest BCUT2D eigenvalue weighted by Crippen LogP contribution is 2.31. The molecular weight excluding hydrogens is 464 g/mol. The summed E-state index contributed by atoms with van der Waals surface area (Å²) in [6.45, 7) is 1.01. The second-order valence-corrected chi connectivity index (χ2v) is 9.12. The molecule has 2 aliphatic rings. The van der Waals surface area contributed by atoms with Crippen LogP contribution in [0.5, 0.6) is 5.75 Å². The number of amides is 2. The number of anilines is 2. The molecule has 0 bridgehead atoms. The minimum Gasteiger partial charge on any atom is -0.482 e. The Morgan fingerprint density at radius 3 is 2.83 bits per heavy atom. The van der Waals surface area contributed by atoms with Gasteiger partial charge in [-0.1, -0.05) is 6.07 Å². The fourth-order valence-corrected chi connectivity index (χ4v) is 4.78. The first-order valence-corrected chi connectivity index (χ1v) is 12.0. The highest BCUT2D eigenvalue weighted by molar-refractivity contribution is 6.05. The summed E-state index contributed by atoms with van der Waals surface area (Å²) in [5.74, 6) is 0.388. The lowest BCUT2D eigenvalue weighted by Crippen LogP contribution is -2.26. The van der Waals surface area contributed by atoms with Crippen molar-refractivity contribution in [2.45, 2.75) is 32.2 Å². The Morgan fingerprint density at radius 2 is 2.03 bits per heavy atom. The Bertz CT molecular complexity index is 1300. The third kappa shape index (κ3) is 4.95. The highest BCUT2D eigenvalue weighted by Gasteiger charge is 2.27. The molecule has 1 aromatic carbocycles. The van der Waals surface area contributed by atoms with Crippen LogP contribution < -0.4 is 20.7 Å². The van der Waals surface area contributed by atoms with Crippen LogP contribution in [0.4, 0.5) is 11.4 Å². The summed E-state index contributed by atoms with van der Waals surface area (Å²) < 4.78 is 10.2. The fraction of sp³-hybridized carbons (Fsp3) is 0.400. The molecule has 4 N–H and O–H groups in total. The Balaban J connectivity index is 1.20. The van der Waals surface area contributed by atoms with E-state index in [-0.39, 0.29) is 42.5 Å². The summed E-state index contributed by atoms with van der Waals surface area (Å²) in [6, 6.07) is 5.38.